The van der Waals surface area contributed by atoms with Crippen LogP contribution in [0.3, 0.4) is 0 Å². The van der Waals surface area contributed by atoms with Crippen molar-refractivity contribution in [2.45, 2.75) is 56.7 Å². The monoisotopic (exact) mass is 728 g/mol. The van der Waals surface area contributed by atoms with Crippen molar-refractivity contribution in [1.82, 2.24) is 39.5 Å². The number of aromatic nitrogens is 4. The first-order chi connectivity index (χ1) is 26.2. The summed E-state index contributed by atoms with van der Waals surface area (Å²) < 4.78 is 0. The highest BCUT2D eigenvalue weighted by atomic mass is 16.4. The van der Waals surface area contributed by atoms with Crippen LogP contribution < -0.4 is 0 Å². The van der Waals surface area contributed by atoms with E-state index in [1.807, 2.05) is 43.4 Å². The van der Waals surface area contributed by atoms with Crippen LogP contribution in [0.4, 0.5) is 4.79 Å². The number of carbonyl (C=O) groups is 3. The van der Waals surface area contributed by atoms with Crippen molar-refractivity contribution in [3.63, 3.8) is 0 Å². The molecular weight excluding hydrogens is 681 g/mol. The first kappa shape index (κ1) is 36.6. The number of nitrogens with one attached hydrogen (secondary N) is 2. The van der Waals surface area contributed by atoms with Gasteiger partial charge in [-0.1, -0.05) is 78.9 Å². The molecule has 2 aromatic heterocycles. The Morgan fingerprint density at radius 1 is 0.741 bits per heavy atom. The van der Waals surface area contributed by atoms with Crippen LogP contribution >= 0.6 is 0 Å². The number of hydrogen-bond acceptors (Lipinski definition) is 6. The molecule has 3 N–H and O–H groups in total. The molecule has 0 spiro atoms. The van der Waals surface area contributed by atoms with E-state index < -0.39 is 12.1 Å². The van der Waals surface area contributed by atoms with E-state index in [-0.39, 0.29) is 23.9 Å². The summed E-state index contributed by atoms with van der Waals surface area (Å²) in [6, 6.07) is 24.5. The zero-order valence-electron chi connectivity index (χ0n) is 31.1. The van der Waals surface area contributed by atoms with Crippen LogP contribution in [0.5, 0.6) is 0 Å². The van der Waals surface area contributed by atoms with Crippen molar-refractivity contribution in [2.24, 2.45) is 0 Å². The standard InChI is InChI=1S/C42H48N8O4/c1-47(2)23-9-14-37(51)49-24-7-12-35(49)39-43-26-33(45-39)30-19-15-28(16-20-30)29-17-21-31(22-18-29)34-27-44-40(46-34)36-13-8-25-50(36)41(52)38(48(3)42(53)54)32-10-5-4-6-11-32/h4-6,10-11,15-22,26-27,35-36,38H,7-9,12-14,23-25H2,1-3H3,(H,43,45)(H,44,46)(H,53,54)/t35?,36-,38+/m0/s1. The van der Waals surface area contributed by atoms with Crippen LogP contribution in [0.15, 0.2) is 91.3 Å². The van der Waals surface area contributed by atoms with Crippen LogP contribution in [0.25, 0.3) is 33.6 Å². The van der Waals surface area contributed by atoms with E-state index in [9.17, 15) is 19.5 Å². The Bertz CT molecular complexity index is 2060. The van der Waals surface area contributed by atoms with Gasteiger partial charge in [-0.25, -0.2) is 14.8 Å². The quantitative estimate of drug-likeness (QED) is 0.124. The number of carboxylic acid groups (broad SMARTS) is 1. The van der Waals surface area contributed by atoms with Crippen molar-refractivity contribution in [3.05, 3.63) is 108 Å². The molecule has 0 aliphatic carbocycles. The third kappa shape index (κ3) is 7.79. The highest BCUT2D eigenvalue weighted by Gasteiger charge is 2.39. The van der Waals surface area contributed by atoms with Crippen LogP contribution in [0, 0.1) is 0 Å². The maximum atomic E-state index is 13.9. The van der Waals surface area contributed by atoms with E-state index in [1.54, 1.807) is 23.2 Å². The summed E-state index contributed by atoms with van der Waals surface area (Å²) in [7, 11) is 5.49. The molecule has 2 aliphatic heterocycles. The van der Waals surface area contributed by atoms with Gasteiger partial charge in [-0.05, 0) is 80.6 Å². The van der Waals surface area contributed by atoms with Crippen LogP contribution in [-0.2, 0) is 9.59 Å². The number of hydrogen-bond donors (Lipinski definition) is 3. The van der Waals surface area contributed by atoms with Crippen molar-refractivity contribution in [3.8, 4) is 33.6 Å². The maximum absolute atomic E-state index is 13.9. The first-order valence-electron chi connectivity index (χ1n) is 18.7. The molecule has 7 rings (SSSR count). The van der Waals surface area contributed by atoms with Gasteiger partial charge in [-0.3, -0.25) is 14.5 Å². The summed E-state index contributed by atoms with van der Waals surface area (Å²) in [6.07, 6.45) is 7.35. The summed E-state index contributed by atoms with van der Waals surface area (Å²) in [4.78, 5) is 62.1. The second-order valence-corrected chi connectivity index (χ2v) is 14.6. The largest absolute Gasteiger partial charge is 0.465 e. The molecule has 2 aliphatic rings. The normalized spacial score (nSPS) is 17.6. The maximum Gasteiger partial charge on any atom is 0.407 e. The highest BCUT2D eigenvalue weighted by Crippen LogP contribution is 2.36. The highest BCUT2D eigenvalue weighted by molar-refractivity contribution is 5.87. The van der Waals surface area contributed by atoms with Gasteiger partial charge in [0, 0.05) is 26.6 Å². The Morgan fingerprint density at radius 3 is 1.76 bits per heavy atom. The summed E-state index contributed by atoms with van der Waals surface area (Å²) in [5.41, 5.74) is 6.58. The Morgan fingerprint density at radius 2 is 1.24 bits per heavy atom. The first-order valence-corrected chi connectivity index (χ1v) is 18.7. The van der Waals surface area contributed by atoms with Gasteiger partial charge >= 0.3 is 6.09 Å². The average Bonchev–Trinajstić information content (AvgIpc) is 4.02. The molecule has 1 unspecified atom stereocenters. The number of amides is 3. The Hall–Kier alpha value is -5.75. The predicted octanol–water partition coefficient (Wildman–Crippen LogP) is 7.15. The fourth-order valence-electron chi connectivity index (χ4n) is 7.78. The van der Waals surface area contributed by atoms with E-state index in [2.05, 4.69) is 68.4 Å². The van der Waals surface area contributed by atoms with E-state index in [0.29, 0.717) is 24.4 Å². The van der Waals surface area contributed by atoms with Gasteiger partial charge in [0.1, 0.15) is 17.7 Å². The number of H-pyrrole nitrogens is 2. The number of carbonyl (C=O) groups excluding carboxylic acids is 2. The molecule has 280 valence electrons. The van der Waals surface area contributed by atoms with Crippen molar-refractivity contribution >= 4 is 17.9 Å². The smallest absolute Gasteiger partial charge is 0.407 e. The molecule has 12 heteroatoms. The van der Waals surface area contributed by atoms with Gasteiger partial charge in [0.2, 0.25) is 5.91 Å². The van der Waals surface area contributed by atoms with Gasteiger partial charge in [0.15, 0.2) is 0 Å². The van der Waals surface area contributed by atoms with Gasteiger partial charge < -0.3 is 29.8 Å². The Balaban J connectivity index is 1.00. The lowest BCUT2D eigenvalue weighted by molar-refractivity contribution is -0.137. The van der Waals surface area contributed by atoms with E-state index in [0.717, 1.165) is 89.6 Å². The third-order valence-electron chi connectivity index (χ3n) is 10.7. The molecular formula is C42H48N8O4. The summed E-state index contributed by atoms with van der Waals surface area (Å²) >= 11 is 0. The lowest BCUT2D eigenvalue weighted by atomic mass is 10.0. The lowest BCUT2D eigenvalue weighted by Crippen LogP contribution is -2.43. The zero-order valence-corrected chi connectivity index (χ0v) is 31.1. The second-order valence-electron chi connectivity index (χ2n) is 14.6. The summed E-state index contributed by atoms with van der Waals surface area (Å²) in [5, 5.41) is 9.78. The number of imidazole rings is 2. The van der Waals surface area contributed by atoms with Crippen molar-refractivity contribution < 1.29 is 19.5 Å². The van der Waals surface area contributed by atoms with Gasteiger partial charge in [0.05, 0.1) is 35.9 Å². The minimum Gasteiger partial charge on any atom is -0.465 e. The lowest BCUT2D eigenvalue weighted by Gasteiger charge is -2.32. The van der Waals surface area contributed by atoms with Gasteiger partial charge in [-0.15, -0.1) is 0 Å². The van der Waals surface area contributed by atoms with Crippen molar-refractivity contribution in [2.75, 3.05) is 40.8 Å². The Kier molecular flexibility index (Phi) is 10.9. The number of likely N-dealkylation sites (N-methyl/N-ethyl adjacent to an activating group) is 1. The number of nitrogens with zero attached hydrogens (tertiary/aromatic N) is 6. The summed E-state index contributed by atoms with van der Waals surface area (Å²) in [6.45, 7) is 2.21. The van der Waals surface area contributed by atoms with Gasteiger partial charge in [-0.2, -0.15) is 0 Å². The van der Waals surface area contributed by atoms with E-state index >= 15 is 0 Å². The fraction of sp³-hybridized carbons (Fsp3) is 0.357. The molecule has 3 aromatic carbocycles. The minimum atomic E-state index is -1.16. The fourth-order valence-corrected chi connectivity index (χ4v) is 7.78. The van der Waals surface area contributed by atoms with E-state index in [4.69, 9.17) is 4.98 Å². The molecule has 4 heterocycles. The number of rotatable bonds is 12. The van der Waals surface area contributed by atoms with Crippen LogP contribution in [-0.4, -0.2) is 103 Å². The topological polar surface area (TPSA) is 142 Å². The SMILES string of the molecule is CN(C)CCCC(=O)N1CCCC1c1ncc(-c2ccc(-c3ccc(-c4cnc([C@@H]5CCCN5C(=O)[C@@H](c5ccccc5)N(C)C(=O)O)[nH]4)cc3)cc2)[nH]1. The average molecular weight is 729 g/mol. The van der Waals surface area contributed by atoms with E-state index in [1.165, 1.54) is 7.05 Å². The second kappa shape index (κ2) is 16.1. The molecule has 3 amide bonds. The number of aromatic amines is 2. The zero-order chi connectivity index (χ0) is 37.8. The third-order valence-corrected chi connectivity index (χ3v) is 10.7. The van der Waals surface area contributed by atoms with Crippen LogP contribution in [0.2, 0.25) is 0 Å². The minimum absolute atomic E-state index is 0.00762. The molecule has 0 saturated carbocycles. The van der Waals surface area contributed by atoms with Crippen LogP contribution in [0.1, 0.15) is 73.9 Å². The summed E-state index contributed by atoms with van der Waals surface area (Å²) in [5.74, 6) is 1.48. The molecule has 5 aromatic rings. The molecule has 0 bridgehead atoms. The molecule has 2 saturated heterocycles. The number of likely N-dealkylation sites (tertiary alicyclic amines) is 2. The predicted molar refractivity (Wildman–Crippen MR) is 207 cm³/mol. The molecule has 2 fully saturated rings. The van der Waals surface area contributed by atoms with Gasteiger partial charge in [0.25, 0.3) is 5.91 Å². The molecule has 0 radical (unpaired) electrons. The molecule has 3 atom stereocenters. The Labute approximate surface area is 315 Å². The molecule has 54 heavy (non-hydrogen) atoms. The number of benzene rings is 3. The van der Waals surface area contributed by atoms with Crippen molar-refractivity contribution in [1.29, 1.82) is 0 Å². The molecule has 12 nitrogen and oxygen atoms in total.